The third-order valence-electron chi connectivity index (χ3n) is 16.9. The lowest BCUT2D eigenvalue weighted by Gasteiger charge is -2.50. The maximum atomic E-state index is 12.7. The second-order valence-electron chi connectivity index (χ2n) is 18.5. The summed E-state index contributed by atoms with van der Waals surface area (Å²) < 4.78 is 6.10. The molecule has 0 radical (unpaired) electrons. The van der Waals surface area contributed by atoms with E-state index in [2.05, 4.69) is 20.1 Å². The Morgan fingerprint density at radius 2 is 1.26 bits per heavy atom. The van der Waals surface area contributed by atoms with Gasteiger partial charge in [-0.2, -0.15) is 0 Å². The van der Waals surface area contributed by atoms with Gasteiger partial charge < -0.3 is 20.1 Å². The molecule has 256 valence electrons. The predicted molar refractivity (Wildman–Crippen MR) is 172 cm³/mol. The standard InChI is InChI=1S/C20H28O4.C19H24O4/c1-11-9-20-10-12(11)5-6-13(20)18(2)7-4-8-19(3,17(23)24)15(18)14(20)16(21)22;1-10-8-18-9-11(10)4-5-12(18)19-7-3-6-17(2,16(22)23-19)14(19)13(18)15(20)21/h12-15H,1,4-10H2,2-3H3,(H,21,22)(H,23,24);11-14H,1,3-9H2,2H3,(H,20,21)/t12-,13+,14-,15+,18+,19-,20+;11-,12-,13-,14?,17+,18+,19-/m11/s1. The Labute approximate surface area is 277 Å². The lowest BCUT2D eigenvalue weighted by molar-refractivity contribution is -0.166. The van der Waals surface area contributed by atoms with Crippen molar-refractivity contribution in [1.29, 1.82) is 0 Å². The fourth-order valence-electron chi connectivity index (χ4n) is 15.6. The maximum absolute atomic E-state index is 12.7. The molecule has 8 aliphatic carbocycles. The van der Waals surface area contributed by atoms with E-state index in [-0.39, 0.29) is 40.0 Å². The average Bonchev–Trinajstić information content (AvgIpc) is 3.61. The van der Waals surface area contributed by atoms with Crippen LogP contribution in [0.3, 0.4) is 0 Å². The van der Waals surface area contributed by atoms with Crippen LogP contribution in [0.4, 0.5) is 0 Å². The van der Waals surface area contributed by atoms with Crippen molar-refractivity contribution in [2.24, 2.45) is 74.4 Å². The molecule has 9 fully saturated rings. The largest absolute Gasteiger partial charge is 0.481 e. The van der Waals surface area contributed by atoms with Crippen molar-refractivity contribution in [3.8, 4) is 0 Å². The molecule has 8 nitrogen and oxygen atoms in total. The Bertz CT molecular complexity index is 1520. The topological polar surface area (TPSA) is 138 Å². The van der Waals surface area contributed by atoms with Crippen LogP contribution in [-0.4, -0.2) is 44.8 Å². The fourth-order valence-corrected chi connectivity index (χ4v) is 15.6. The molecule has 8 saturated carbocycles. The minimum absolute atomic E-state index is 0.139. The van der Waals surface area contributed by atoms with Crippen LogP contribution in [-0.2, 0) is 23.9 Å². The van der Waals surface area contributed by atoms with Crippen molar-refractivity contribution in [3.63, 3.8) is 0 Å². The zero-order valence-corrected chi connectivity index (χ0v) is 28.3. The lowest BCUT2D eigenvalue weighted by Crippen LogP contribution is -2.50. The average molecular weight is 649 g/mol. The molecule has 0 aromatic carbocycles. The molecule has 3 N–H and O–H groups in total. The minimum atomic E-state index is -0.929. The summed E-state index contributed by atoms with van der Waals surface area (Å²) in [6.45, 7) is 14.5. The molecule has 9 rings (SSSR count). The van der Waals surface area contributed by atoms with Crippen LogP contribution in [0, 0.1) is 74.4 Å². The van der Waals surface area contributed by atoms with E-state index in [9.17, 15) is 34.5 Å². The predicted octanol–water partition coefficient (Wildman–Crippen LogP) is 7.13. The van der Waals surface area contributed by atoms with Crippen molar-refractivity contribution in [1.82, 2.24) is 0 Å². The van der Waals surface area contributed by atoms with Crippen molar-refractivity contribution >= 4 is 23.9 Å². The van der Waals surface area contributed by atoms with E-state index in [0.717, 1.165) is 83.5 Å². The highest BCUT2D eigenvalue weighted by molar-refractivity contribution is 5.84. The highest BCUT2D eigenvalue weighted by atomic mass is 16.6. The van der Waals surface area contributed by atoms with Crippen LogP contribution in [0.25, 0.3) is 0 Å². The molecule has 0 aromatic rings. The number of rotatable bonds is 3. The number of carbonyl (C=O) groups excluding carboxylic acids is 1. The van der Waals surface area contributed by atoms with Gasteiger partial charge in [-0.25, -0.2) is 0 Å². The van der Waals surface area contributed by atoms with Crippen LogP contribution in [0.1, 0.15) is 111 Å². The van der Waals surface area contributed by atoms with Gasteiger partial charge in [0.15, 0.2) is 0 Å². The number of allylic oxidation sites excluding steroid dienone is 2. The molecule has 8 heteroatoms. The van der Waals surface area contributed by atoms with E-state index in [4.69, 9.17) is 4.74 Å². The first-order valence-electron chi connectivity index (χ1n) is 18.3. The van der Waals surface area contributed by atoms with Gasteiger partial charge in [-0.3, -0.25) is 19.2 Å². The number of aliphatic carboxylic acids is 3. The molecule has 47 heavy (non-hydrogen) atoms. The number of carbonyl (C=O) groups is 4. The number of fused-ring (bicyclic) bond motifs is 4. The monoisotopic (exact) mass is 648 g/mol. The minimum Gasteiger partial charge on any atom is -0.481 e. The number of carboxylic acid groups (broad SMARTS) is 3. The lowest BCUT2D eigenvalue weighted by atomic mass is 9.53. The van der Waals surface area contributed by atoms with E-state index in [0.29, 0.717) is 24.2 Å². The Hall–Kier alpha value is -2.64. The second-order valence-corrected chi connectivity index (χ2v) is 18.5. The molecule has 0 aromatic heterocycles. The van der Waals surface area contributed by atoms with Gasteiger partial charge >= 0.3 is 23.9 Å². The zero-order valence-electron chi connectivity index (χ0n) is 28.3. The van der Waals surface area contributed by atoms with Crippen LogP contribution in [0.15, 0.2) is 24.3 Å². The molecule has 1 heterocycles. The fraction of sp³-hybridized carbons (Fsp3) is 0.795. The number of ether oxygens (including phenoxy) is 1. The number of hydrogen-bond donors (Lipinski definition) is 3. The van der Waals surface area contributed by atoms with Gasteiger partial charge in [-0.1, -0.05) is 37.6 Å². The molecule has 1 saturated heterocycles. The third-order valence-corrected chi connectivity index (χ3v) is 16.9. The number of hydrogen-bond acceptors (Lipinski definition) is 5. The highest BCUT2D eigenvalue weighted by Gasteiger charge is 2.81. The SMILES string of the molecule is C=C1C[C@]23C[C@H]1CC[C@H]2[C@@]12CCC[C@](C)(C(=O)O1)C2[C@@H]3C(=O)O.C=C1C[C@]23C[C@H]1CC[C@H]2[C@]1(C)CCC[C@@](C)(C(=O)O)[C@H]1[C@@H]3C(=O)O. The smallest absolute Gasteiger partial charge is 0.312 e. The first kappa shape index (κ1) is 31.6. The van der Waals surface area contributed by atoms with Gasteiger partial charge in [-0.15, -0.1) is 0 Å². The molecular formula is C39H52O8. The van der Waals surface area contributed by atoms with Crippen LogP contribution in [0.5, 0.6) is 0 Å². The van der Waals surface area contributed by atoms with E-state index in [1.54, 1.807) is 0 Å². The molecule has 6 bridgehead atoms. The normalized spacial score (nSPS) is 54.4. The van der Waals surface area contributed by atoms with Crippen LogP contribution in [0.2, 0.25) is 0 Å². The van der Waals surface area contributed by atoms with Gasteiger partial charge in [0.2, 0.25) is 0 Å². The Kier molecular flexibility index (Phi) is 6.41. The van der Waals surface area contributed by atoms with Crippen molar-refractivity contribution in [3.05, 3.63) is 24.3 Å². The van der Waals surface area contributed by atoms with E-state index < -0.39 is 46.2 Å². The van der Waals surface area contributed by atoms with Gasteiger partial charge in [0.05, 0.1) is 22.7 Å². The summed E-state index contributed by atoms with van der Waals surface area (Å²) in [4.78, 5) is 49.7. The Morgan fingerprint density at radius 1 is 0.723 bits per heavy atom. The summed E-state index contributed by atoms with van der Waals surface area (Å²) in [6, 6.07) is 0. The van der Waals surface area contributed by atoms with Crippen LogP contribution >= 0.6 is 0 Å². The number of carboxylic acids is 3. The summed E-state index contributed by atoms with van der Waals surface area (Å²) in [5, 5.41) is 30.4. The van der Waals surface area contributed by atoms with Gasteiger partial charge in [-0.05, 0) is 137 Å². The maximum Gasteiger partial charge on any atom is 0.312 e. The summed E-state index contributed by atoms with van der Waals surface area (Å²) >= 11 is 0. The third kappa shape index (κ3) is 3.56. The molecule has 0 amide bonds. The van der Waals surface area contributed by atoms with Crippen molar-refractivity contribution in [2.45, 2.75) is 116 Å². The Morgan fingerprint density at radius 3 is 1.83 bits per heavy atom. The van der Waals surface area contributed by atoms with E-state index >= 15 is 0 Å². The second kappa shape index (κ2) is 9.53. The summed E-state index contributed by atoms with van der Waals surface area (Å²) in [7, 11) is 0. The first-order valence-corrected chi connectivity index (χ1v) is 18.3. The molecule has 2 spiro atoms. The molecule has 1 aliphatic heterocycles. The van der Waals surface area contributed by atoms with Gasteiger partial charge in [0.1, 0.15) is 5.60 Å². The molecule has 9 aliphatic rings. The summed E-state index contributed by atoms with van der Waals surface area (Å²) in [6.07, 6.45) is 12.7. The summed E-state index contributed by atoms with van der Waals surface area (Å²) in [5.74, 6) is -2.41. The molecule has 1 unspecified atom stereocenters. The first-order chi connectivity index (χ1) is 22.0. The van der Waals surface area contributed by atoms with Crippen LogP contribution < -0.4 is 0 Å². The van der Waals surface area contributed by atoms with Gasteiger partial charge in [0.25, 0.3) is 0 Å². The summed E-state index contributed by atoms with van der Waals surface area (Å²) in [5.41, 5.74) is -0.250. The van der Waals surface area contributed by atoms with Crippen molar-refractivity contribution < 1.29 is 39.2 Å². The van der Waals surface area contributed by atoms with Crippen molar-refractivity contribution in [2.75, 3.05) is 0 Å². The van der Waals surface area contributed by atoms with E-state index in [1.165, 1.54) is 11.1 Å². The van der Waals surface area contributed by atoms with E-state index in [1.807, 2.05) is 13.8 Å². The quantitative estimate of drug-likeness (QED) is 0.217. The van der Waals surface area contributed by atoms with Gasteiger partial charge in [0, 0.05) is 11.8 Å². The zero-order chi connectivity index (χ0) is 33.7. The number of esters is 1. The highest BCUT2D eigenvalue weighted by Crippen LogP contribution is 2.79. The molecular weight excluding hydrogens is 596 g/mol. The Balaban J connectivity index is 0.000000138. The molecule has 14 atom stereocenters.